The summed E-state index contributed by atoms with van der Waals surface area (Å²) in [6.07, 6.45) is 0. The fraction of sp³-hybridized carbons (Fsp3) is 0.353. The first-order valence-electron chi connectivity index (χ1n) is 7.96. The molecule has 134 valence electrons. The van der Waals surface area contributed by atoms with Gasteiger partial charge in [0, 0.05) is 18.0 Å². The molecule has 0 spiro atoms. The number of thiophene rings is 1. The summed E-state index contributed by atoms with van der Waals surface area (Å²) in [4.78, 5) is 15.9. The molecule has 1 atom stereocenters. The Morgan fingerprint density at radius 2 is 1.84 bits per heavy atom. The van der Waals surface area contributed by atoms with Gasteiger partial charge in [0.25, 0.3) is 0 Å². The van der Waals surface area contributed by atoms with E-state index in [9.17, 15) is 13.2 Å². The average Bonchev–Trinajstić information content (AvgIpc) is 3.01. The van der Waals surface area contributed by atoms with E-state index in [0.29, 0.717) is 19.6 Å². The van der Waals surface area contributed by atoms with Crippen LogP contribution in [0.2, 0.25) is 0 Å². The summed E-state index contributed by atoms with van der Waals surface area (Å²) >= 11 is 5.00. The van der Waals surface area contributed by atoms with E-state index in [1.807, 2.05) is 47.4 Å². The van der Waals surface area contributed by atoms with Gasteiger partial charge < -0.3 is 5.32 Å². The van der Waals surface area contributed by atoms with Crippen LogP contribution in [0.15, 0.2) is 46.3 Å². The van der Waals surface area contributed by atoms with E-state index in [0.717, 1.165) is 14.2 Å². The first-order valence-corrected chi connectivity index (χ1v) is 11.4. The van der Waals surface area contributed by atoms with Gasteiger partial charge in [0.05, 0.1) is 21.8 Å². The molecule has 1 N–H and O–H groups in total. The van der Waals surface area contributed by atoms with Crippen LogP contribution < -0.4 is 5.32 Å². The lowest BCUT2D eigenvalue weighted by Gasteiger charge is -2.33. The Hall–Kier alpha value is -1.22. The van der Waals surface area contributed by atoms with Crippen molar-refractivity contribution in [2.24, 2.45) is 0 Å². The number of hydrogen-bond donors (Lipinski definition) is 1. The van der Waals surface area contributed by atoms with Crippen molar-refractivity contribution in [3.63, 3.8) is 0 Å². The standard InChI is InChI=1S/C17H19BrN2O3S2/c18-15-7-6-14(24-15)12-19-17(21)16(13-4-2-1-3-5-13)20-8-10-25(22,23)11-9-20/h1-7,16H,8-12H2,(H,19,21). The van der Waals surface area contributed by atoms with Crippen molar-refractivity contribution in [1.82, 2.24) is 10.2 Å². The number of carbonyl (C=O) groups is 1. The number of hydrogen-bond acceptors (Lipinski definition) is 5. The van der Waals surface area contributed by atoms with Crippen LogP contribution in [0.5, 0.6) is 0 Å². The molecular formula is C17H19BrN2O3S2. The minimum atomic E-state index is -2.99. The molecule has 1 saturated heterocycles. The molecule has 1 aliphatic heterocycles. The maximum atomic E-state index is 12.9. The van der Waals surface area contributed by atoms with Crippen LogP contribution in [0.1, 0.15) is 16.5 Å². The molecule has 1 aromatic heterocycles. The lowest BCUT2D eigenvalue weighted by Crippen LogP contribution is -2.47. The highest BCUT2D eigenvalue weighted by Crippen LogP contribution is 2.25. The van der Waals surface area contributed by atoms with Crippen molar-refractivity contribution < 1.29 is 13.2 Å². The average molecular weight is 443 g/mol. The number of nitrogens with one attached hydrogen (secondary N) is 1. The Labute approximate surface area is 160 Å². The molecule has 1 aliphatic rings. The molecular weight excluding hydrogens is 424 g/mol. The van der Waals surface area contributed by atoms with E-state index in [-0.39, 0.29) is 17.4 Å². The Kier molecular flexibility index (Phi) is 5.93. The van der Waals surface area contributed by atoms with Crippen molar-refractivity contribution in [1.29, 1.82) is 0 Å². The molecule has 0 saturated carbocycles. The van der Waals surface area contributed by atoms with Crippen molar-refractivity contribution >= 4 is 43.0 Å². The Balaban J connectivity index is 1.75. The van der Waals surface area contributed by atoms with Gasteiger partial charge in [-0.25, -0.2) is 8.42 Å². The van der Waals surface area contributed by atoms with E-state index in [4.69, 9.17) is 0 Å². The van der Waals surface area contributed by atoms with Gasteiger partial charge in [-0.15, -0.1) is 11.3 Å². The van der Waals surface area contributed by atoms with Gasteiger partial charge in [0.1, 0.15) is 6.04 Å². The van der Waals surface area contributed by atoms with Crippen LogP contribution in [0.4, 0.5) is 0 Å². The minimum Gasteiger partial charge on any atom is -0.350 e. The highest BCUT2D eigenvalue weighted by Gasteiger charge is 2.32. The van der Waals surface area contributed by atoms with E-state index in [2.05, 4.69) is 21.2 Å². The van der Waals surface area contributed by atoms with Crippen molar-refractivity contribution in [2.75, 3.05) is 24.6 Å². The molecule has 1 fully saturated rings. The minimum absolute atomic E-state index is 0.0987. The molecule has 2 heterocycles. The maximum Gasteiger partial charge on any atom is 0.242 e. The van der Waals surface area contributed by atoms with Crippen LogP contribution in [0, 0.1) is 0 Å². The molecule has 5 nitrogen and oxygen atoms in total. The number of carbonyl (C=O) groups excluding carboxylic acids is 1. The summed E-state index contributed by atoms with van der Waals surface area (Å²) in [6, 6.07) is 13.0. The topological polar surface area (TPSA) is 66.5 Å². The molecule has 1 aromatic carbocycles. The van der Waals surface area contributed by atoms with Gasteiger partial charge in [-0.2, -0.15) is 0 Å². The maximum absolute atomic E-state index is 12.9. The molecule has 8 heteroatoms. The Bertz CT molecular complexity index is 823. The van der Waals surface area contributed by atoms with Crippen molar-refractivity contribution in [2.45, 2.75) is 12.6 Å². The van der Waals surface area contributed by atoms with Gasteiger partial charge in [-0.1, -0.05) is 30.3 Å². The van der Waals surface area contributed by atoms with Crippen LogP contribution in [0.25, 0.3) is 0 Å². The molecule has 3 rings (SSSR count). The van der Waals surface area contributed by atoms with Crippen molar-refractivity contribution in [3.8, 4) is 0 Å². The SMILES string of the molecule is O=C(NCc1ccc(Br)s1)C(c1ccccc1)N1CCS(=O)(=O)CC1. The summed E-state index contributed by atoms with van der Waals surface area (Å²) in [5.74, 6) is 0.0956. The highest BCUT2D eigenvalue weighted by atomic mass is 79.9. The monoisotopic (exact) mass is 442 g/mol. The van der Waals surface area contributed by atoms with E-state index >= 15 is 0 Å². The summed E-state index contributed by atoms with van der Waals surface area (Å²) < 4.78 is 24.4. The second kappa shape index (κ2) is 7.99. The van der Waals surface area contributed by atoms with E-state index in [1.165, 1.54) is 0 Å². The second-order valence-electron chi connectivity index (χ2n) is 5.92. The van der Waals surface area contributed by atoms with Gasteiger partial charge in [-0.05, 0) is 33.6 Å². The van der Waals surface area contributed by atoms with Crippen LogP contribution in [0.3, 0.4) is 0 Å². The first-order chi connectivity index (χ1) is 11.9. The lowest BCUT2D eigenvalue weighted by atomic mass is 10.0. The molecule has 1 unspecified atom stereocenters. The summed E-state index contributed by atoms with van der Waals surface area (Å²) in [6.45, 7) is 1.21. The lowest BCUT2D eigenvalue weighted by molar-refractivity contribution is -0.126. The Morgan fingerprint density at radius 1 is 1.16 bits per heavy atom. The second-order valence-corrected chi connectivity index (χ2v) is 10.8. The molecule has 0 radical (unpaired) electrons. The Morgan fingerprint density at radius 3 is 2.44 bits per heavy atom. The molecule has 0 bridgehead atoms. The number of rotatable bonds is 5. The molecule has 0 aliphatic carbocycles. The van der Waals surface area contributed by atoms with Crippen molar-refractivity contribution in [3.05, 3.63) is 56.7 Å². The zero-order chi connectivity index (χ0) is 17.9. The number of benzene rings is 1. The number of sulfone groups is 1. The van der Waals surface area contributed by atoms with Crippen LogP contribution in [-0.2, 0) is 21.2 Å². The summed E-state index contributed by atoms with van der Waals surface area (Å²) in [5, 5.41) is 2.99. The summed E-state index contributed by atoms with van der Waals surface area (Å²) in [5.41, 5.74) is 0.881. The zero-order valence-corrected chi connectivity index (χ0v) is 16.7. The van der Waals surface area contributed by atoms with Crippen LogP contribution in [-0.4, -0.2) is 43.8 Å². The molecule has 25 heavy (non-hydrogen) atoms. The largest absolute Gasteiger partial charge is 0.350 e. The van der Waals surface area contributed by atoms with Gasteiger partial charge in [0.15, 0.2) is 9.84 Å². The highest BCUT2D eigenvalue weighted by molar-refractivity contribution is 9.11. The van der Waals surface area contributed by atoms with E-state index in [1.54, 1.807) is 11.3 Å². The third-order valence-electron chi connectivity index (χ3n) is 4.17. The molecule has 2 aromatic rings. The third-order valence-corrected chi connectivity index (χ3v) is 7.41. The van der Waals surface area contributed by atoms with Gasteiger partial charge >= 0.3 is 0 Å². The first kappa shape index (κ1) is 18.6. The third kappa shape index (κ3) is 4.91. The van der Waals surface area contributed by atoms with Gasteiger partial charge in [0.2, 0.25) is 5.91 Å². The number of amides is 1. The predicted octanol–water partition coefficient (Wildman–Crippen LogP) is 2.60. The summed E-state index contributed by atoms with van der Waals surface area (Å²) in [7, 11) is -2.99. The smallest absolute Gasteiger partial charge is 0.242 e. The fourth-order valence-corrected chi connectivity index (χ4v) is 5.52. The number of halogens is 1. The van der Waals surface area contributed by atoms with Crippen LogP contribution >= 0.6 is 27.3 Å². The van der Waals surface area contributed by atoms with E-state index < -0.39 is 15.9 Å². The van der Waals surface area contributed by atoms with Gasteiger partial charge in [-0.3, -0.25) is 9.69 Å². The fourth-order valence-electron chi connectivity index (χ4n) is 2.87. The number of nitrogens with zero attached hydrogens (tertiary/aromatic N) is 1. The normalized spacial score (nSPS) is 18.6. The quantitative estimate of drug-likeness (QED) is 0.772. The molecule has 1 amide bonds. The zero-order valence-electron chi connectivity index (χ0n) is 13.5. The predicted molar refractivity (Wildman–Crippen MR) is 103 cm³/mol.